The number of hydrogen-bond acceptors (Lipinski definition) is 6. The van der Waals surface area contributed by atoms with Crippen molar-refractivity contribution < 1.29 is 22.7 Å². The zero-order valence-electron chi connectivity index (χ0n) is 27.9. The van der Waals surface area contributed by atoms with E-state index in [1.54, 1.807) is 21.0 Å². The van der Waals surface area contributed by atoms with E-state index in [9.17, 15) is 18.0 Å². The fourth-order valence-corrected chi connectivity index (χ4v) is 9.91. The number of allylic oxidation sites excluding steroid dienone is 4. The Morgan fingerprint density at radius 1 is 1.09 bits per heavy atom. The lowest BCUT2D eigenvalue weighted by atomic mass is 9.74. The van der Waals surface area contributed by atoms with Gasteiger partial charge in [0.1, 0.15) is 5.75 Å². The number of ether oxygens (including phenoxy) is 1. The summed E-state index contributed by atoms with van der Waals surface area (Å²) < 4.78 is 36.2. The number of sulfonamides is 1. The van der Waals surface area contributed by atoms with Crippen LogP contribution in [0.1, 0.15) is 88.8 Å². The highest BCUT2D eigenvalue weighted by molar-refractivity contribution is 7.90. The second-order valence-corrected chi connectivity index (χ2v) is 16.9. The summed E-state index contributed by atoms with van der Waals surface area (Å²) in [6, 6.07) is 7.04. The quantitative estimate of drug-likeness (QED) is 0.443. The maximum Gasteiger partial charge on any atom is 0.265 e. The maximum atomic E-state index is 14.7. The van der Waals surface area contributed by atoms with Gasteiger partial charge in [-0.05, 0) is 86.4 Å². The molecule has 10 heteroatoms. The summed E-state index contributed by atoms with van der Waals surface area (Å²) in [6.45, 7) is 8.62. The highest BCUT2D eigenvalue weighted by Crippen LogP contribution is 2.56. The van der Waals surface area contributed by atoms with Gasteiger partial charge in [0.2, 0.25) is 15.9 Å². The van der Waals surface area contributed by atoms with E-state index < -0.39 is 21.2 Å². The first-order valence-electron chi connectivity index (χ1n) is 17.6. The molecule has 1 aromatic heterocycles. The summed E-state index contributed by atoms with van der Waals surface area (Å²) in [5.74, 6) is 0.303. The summed E-state index contributed by atoms with van der Waals surface area (Å²) in [6.07, 6.45) is 11.8. The second kappa shape index (κ2) is 11.4. The Hall–Kier alpha value is -3.37. The van der Waals surface area contributed by atoms with Gasteiger partial charge in [-0.15, -0.1) is 0 Å². The largest absolute Gasteiger partial charge is 0.496 e. The summed E-state index contributed by atoms with van der Waals surface area (Å²) in [5.41, 5.74) is 6.63. The SMILES string of the molecule is CCN1CC2CC(C1)N2C(=O)[C@@H]1CC=CC2=C3C(=C3C(=O)NS(=O)(=O)C(C)C)Cn3c(cc4c(OC)ccc(C5CCCCC5)c43)C21. The molecule has 0 spiro atoms. The van der Waals surface area contributed by atoms with Crippen molar-refractivity contribution in [3.05, 3.63) is 63.9 Å². The minimum Gasteiger partial charge on any atom is -0.496 e. The molecule has 250 valence electrons. The Morgan fingerprint density at radius 2 is 1.83 bits per heavy atom. The second-order valence-electron chi connectivity index (χ2n) is 14.7. The molecule has 4 atom stereocenters. The molecule has 1 N–H and O–H groups in total. The third-order valence-corrected chi connectivity index (χ3v) is 13.6. The lowest BCUT2D eigenvalue weighted by molar-refractivity contribution is -0.158. The van der Waals surface area contributed by atoms with Crippen LogP contribution in [0, 0.1) is 5.92 Å². The fourth-order valence-electron chi connectivity index (χ4n) is 9.31. The maximum absolute atomic E-state index is 14.7. The minimum atomic E-state index is -3.81. The van der Waals surface area contributed by atoms with Gasteiger partial charge in [0.15, 0.2) is 0 Å². The van der Waals surface area contributed by atoms with Gasteiger partial charge in [0.05, 0.1) is 29.4 Å². The number of rotatable bonds is 7. The minimum absolute atomic E-state index is 0.197. The number of aromatic nitrogens is 1. The van der Waals surface area contributed by atoms with E-state index in [-0.39, 0.29) is 29.8 Å². The number of nitrogens with zero attached hydrogens (tertiary/aromatic N) is 3. The molecule has 1 saturated carbocycles. The van der Waals surface area contributed by atoms with Crippen LogP contribution in [0.2, 0.25) is 0 Å². The van der Waals surface area contributed by atoms with Crippen molar-refractivity contribution >= 4 is 32.7 Å². The van der Waals surface area contributed by atoms with Gasteiger partial charge >= 0.3 is 0 Å². The molecule has 0 radical (unpaired) electrons. The van der Waals surface area contributed by atoms with Gasteiger partial charge in [-0.25, -0.2) is 13.1 Å². The van der Waals surface area contributed by atoms with Crippen molar-refractivity contribution in [1.82, 2.24) is 19.1 Å². The van der Waals surface area contributed by atoms with Gasteiger partial charge in [-0.2, -0.15) is 0 Å². The first-order valence-corrected chi connectivity index (χ1v) is 19.1. The van der Waals surface area contributed by atoms with Crippen LogP contribution in [-0.2, 0) is 26.2 Å². The Labute approximate surface area is 277 Å². The number of benzene rings is 1. The van der Waals surface area contributed by atoms with Gasteiger partial charge in [-0.1, -0.05) is 44.4 Å². The zero-order chi connectivity index (χ0) is 32.8. The number of methoxy groups -OCH3 is 1. The van der Waals surface area contributed by atoms with Crippen LogP contribution in [0.5, 0.6) is 5.75 Å². The molecule has 4 aliphatic heterocycles. The number of carbonyl (C=O) groups is 2. The zero-order valence-corrected chi connectivity index (χ0v) is 28.7. The number of carbonyl (C=O) groups excluding carboxylic acids is 2. The third kappa shape index (κ3) is 4.84. The van der Waals surface area contributed by atoms with E-state index in [1.807, 2.05) is 0 Å². The average molecular weight is 659 g/mol. The fraction of sp³-hybridized carbons (Fsp3) is 0.568. The average Bonchev–Trinajstić information content (AvgIpc) is 3.70. The Bertz CT molecular complexity index is 1870. The number of nitrogens with one attached hydrogen (secondary N) is 1. The number of likely N-dealkylation sites (N-methyl/N-ethyl adjacent to an activating group) is 1. The Kier molecular flexibility index (Phi) is 7.48. The molecule has 2 bridgehead atoms. The third-order valence-electron chi connectivity index (χ3n) is 11.9. The highest BCUT2D eigenvalue weighted by Gasteiger charge is 2.52. The predicted octanol–water partition coefficient (Wildman–Crippen LogP) is 5.14. The summed E-state index contributed by atoms with van der Waals surface area (Å²) in [5, 5.41) is 0.316. The van der Waals surface area contributed by atoms with Gasteiger partial charge in [0.25, 0.3) is 5.91 Å². The van der Waals surface area contributed by atoms with E-state index in [4.69, 9.17) is 4.74 Å². The normalized spacial score (nSPS) is 27.3. The molecular formula is C37H46N4O5S. The molecule has 2 aromatic rings. The molecule has 3 aliphatic carbocycles. The predicted molar refractivity (Wildman–Crippen MR) is 182 cm³/mol. The van der Waals surface area contributed by atoms with Crippen LogP contribution >= 0.6 is 0 Å². The number of piperidine rings is 1. The lowest BCUT2D eigenvalue weighted by Crippen LogP contribution is -2.71. The van der Waals surface area contributed by atoms with Crippen molar-refractivity contribution in [2.24, 2.45) is 5.92 Å². The first kappa shape index (κ1) is 30.9. The van der Waals surface area contributed by atoms with Crippen molar-refractivity contribution in [1.29, 1.82) is 0 Å². The summed E-state index contributed by atoms with van der Waals surface area (Å²) in [7, 11) is -2.10. The van der Waals surface area contributed by atoms with E-state index >= 15 is 0 Å². The van der Waals surface area contributed by atoms with E-state index in [1.165, 1.54) is 24.8 Å². The van der Waals surface area contributed by atoms with E-state index in [0.29, 0.717) is 24.5 Å². The molecule has 3 unspecified atom stereocenters. The number of piperazine rings is 1. The monoisotopic (exact) mass is 658 g/mol. The molecule has 9 nitrogen and oxygen atoms in total. The standard InChI is InChI=1S/C37H46N4O5S/c1-5-39-18-23-16-24(19-39)41(23)37(43)27-13-9-12-26-32(27)30-17-28-31(46-4)15-14-25(22-10-7-6-8-11-22)35(28)40(30)20-29-33(26)34(29)36(42)38-47(44,45)21(2)3/h9,12,14-15,17,21-24,27,32H,5-8,10-11,13,16,18-20H2,1-4H3,(H,38,42)/t23?,24?,27-,32?/m1/s1. The van der Waals surface area contributed by atoms with Gasteiger partial charge < -0.3 is 14.2 Å². The number of amides is 2. The number of fused-ring (bicyclic) bond motifs is 8. The van der Waals surface area contributed by atoms with Crippen LogP contribution in [0.4, 0.5) is 0 Å². The molecule has 1 aromatic carbocycles. The van der Waals surface area contributed by atoms with Crippen LogP contribution in [0.3, 0.4) is 0 Å². The molecular weight excluding hydrogens is 612 g/mol. The van der Waals surface area contributed by atoms with E-state index in [2.05, 4.69) is 56.4 Å². The number of hydrogen-bond donors (Lipinski definition) is 1. The molecule has 7 aliphatic rings. The van der Waals surface area contributed by atoms with Crippen molar-refractivity contribution in [3.63, 3.8) is 0 Å². The van der Waals surface area contributed by atoms with E-state index in [0.717, 1.165) is 78.0 Å². The summed E-state index contributed by atoms with van der Waals surface area (Å²) >= 11 is 0. The lowest BCUT2D eigenvalue weighted by Gasteiger charge is -2.57. The van der Waals surface area contributed by atoms with Crippen molar-refractivity contribution in [3.8, 4) is 5.75 Å². The van der Waals surface area contributed by atoms with Crippen LogP contribution in [-0.4, -0.2) is 78.7 Å². The molecule has 3 saturated heterocycles. The van der Waals surface area contributed by atoms with Crippen LogP contribution < -0.4 is 9.46 Å². The van der Waals surface area contributed by atoms with Gasteiger partial charge in [-0.3, -0.25) is 14.5 Å². The smallest absolute Gasteiger partial charge is 0.265 e. The Morgan fingerprint density at radius 3 is 2.51 bits per heavy atom. The molecule has 4 fully saturated rings. The van der Waals surface area contributed by atoms with Crippen molar-refractivity contribution in [2.75, 3.05) is 26.7 Å². The van der Waals surface area contributed by atoms with Gasteiger partial charge in [0, 0.05) is 48.7 Å². The van der Waals surface area contributed by atoms with Crippen LogP contribution in [0.15, 0.2) is 52.6 Å². The van der Waals surface area contributed by atoms with Crippen LogP contribution in [0.25, 0.3) is 10.9 Å². The summed E-state index contributed by atoms with van der Waals surface area (Å²) in [4.78, 5) is 32.9. The first-order chi connectivity index (χ1) is 22.6. The topological polar surface area (TPSA) is 101 Å². The highest BCUT2D eigenvalue weighted by atomic mass is 32.2. The molecule has 2 amide bonds. The Balaban J connectivity index is 1.28. The molecule has 9 rings (SSSR count). The molecule has 5 heterocycles. The molecule has 47 heavy (non-hydrogen) atoms. The van der Waals surface area contributed by atoms with Crippen molar-refractivity contribution in [2.45, 2.75) is 101 Å².